The average molecular weight is 369 g/mol. The van der Waals surface area contributed by atoms with Crippen molar-refractivity contribution in [1.82, 2.24) is 5.32 Å². The van der Waals surface area contributed by atoms with Crippen LogP contribution >= 0.6 is 0 Å². The number of anilines is 1. The van der Waals surface area contributed by atoms with Crippen LogP contribution in [0.2, 0.25) is 0 Å². The molecule has 7 nitrogen and oxygen atoms in total. The number of amides is 1. The lowest BCUT2D eigenvalue weighted by atomic mass is 10.0. The van der Waals surface area contributed by atoms with E-state index in [0.29, 0.717) is 18.7 Å². The molecule has 0 spiro atoms. The van der Waals surface area contributed by atoms with Crippen molar-refractivity contribution >= 4 is 17.3 Å². The lowest BCUT2D eigenvalue weighted by Crippen LogP contribution is -2.42. The molecule has 1 aliphatic carbocycles. The molecule has 0 bridgehead atoms. The zero-order valence-corrected chi connectivity index (χ0v) is 15.2. The summed E-state index contributed by atoms with van der Waals surface area (Å²) in [6, 6.07) is 14.1. The first-order valence-electron chi connectivity index (χ1n) is 9.09. The van der Waals surface area contributed by atoms with Gasteiger partial charge in [0.1, 0.15) is 6.04 Å². The monoisotopic (exact) mass is 369 g/mol. The Bertz CT molecular complexity index is 806. The van der Waals surface area contributed by atoms with Crippen molar-refractivity contribution in [2.45, 2.75) is 38.3 Å². The van der Waals surface area contributed by atoms with E-state index < -0.39 is 11.0 Å². The average Bonchev–Trinajstić information content (AvgIpc) is 3.46. The van der Waals surface area contributed by atoms with E-state index in [0.717, 1.165) is 18.4 Å². The van der Waals surface area contributed by atoms with Crippen LogP contribution in [0, 0.1) is 10.1 Å². The van der Waals surface area contributed by atoms with Gasteiger partial charge in [-0.3, -0.25) is 14.9 Å². The molecule has 1 amide bonds. The first-order valence-corrected chi connectivity index (χ1v) is 9.09. The summed E-state index contributed by atoms with van der Waals surface area (Å²) >= 11 is 0. The summed E-state index contributed by atoms with van der Waals surface area (Å²) in [7, 11) is 0. The Kier molecular flexibility index (Phi) is 5.90. The molecule has 1 unspecified atom stereocenters. The molecule has 1 atom stereocenters. The number of nitrogens with one attached hydrogen (secondary N) is 2. The molecule has 7 heteroatoms. The number of carbonyl (C=O) groups excluding carboxylic acids is 1. The normalized spacial score (nSPS) is 14.3. The van der Waals surface area contributed by atoms with Gasteiger partial charge in [0.2, 0.25) is 5.91 Å². The SMILES string of the molecule is CCOc1cc(NC(Cc2ccccc2)C(=O)NC2CC2)ccc1[N+](=O)[O-]. The molecule has 0 aliphatic heterocycles. The number of ether oxygens (including phenoxy) is 1. The van der Waals surface area contributed by atoms with Gasteiger partial charge >= 0.3 is 5.69 Å². The summed E-state index contributed by atoms with van der Waals surface area (Å²) in [5.74, 6) is 0.117. The van der Waals surface area contributed by atoms with Crippen LogP contribution < -0.4 is 15.4 Å². The molecule has 1 fully saturated rings. The first-order chi connectivity index (χ1) is 13.1. The van der Waals surface area contributed by atoms with Crippen LogP contribution in [0.3, 0.4) is 0 Å². The molecule has 3 rings (SSSR count). The fourth-order valence-electron chi connectivity index (χ4n) is 2.82. The highest BCUT2D eigenvalue weighted by Gasteiger charge is 2.28. The van der Waals surface area contributed by atoms with Gasteiger partial charge in [-0.2, -0.15) is 0 Å². The van der Waals surface area contributed by atoms with Gasteiger partial charge in [0, 0.05) is 30.3 Å². The summed E-state index contributed by atoms with van der Waals surface area (Å²) in [6.07, 6.45) is 2.53. The molecule has 0 heterocycles. The lowest BCUT2D eigenvalue weighted by molar-refractivity contribution is -0.385. The standard InChI is InChI=1S/C20H23N3O4/c1-2-27-19-13-16(10-11-18(19)23(25)26)21-17(20(24)22-15-8-9-15)12-14-6-4-3-5-7-14/h3-7,10-11,13,15,17,21H,2,8-9,12H2,1H3,(H,22,24). The quantitative estimate of drug-likeness (QED) is 0.522. The van der Waals surface area contributed by atoms with Gasteiger partial charge < -0.3 is 15.4 Å². The van der Waals surface area contributed by atoms with Crippen molar-refractivity contribution in [3.8, 4) is 5.75 Å². The first kappa shape index (κ1) is 18.7. The third-order valence-electron chi connectivity index (χ3n) is 4.32. The van der Waals surface area contributed by atoms with Crippen molar-refractivity contribution in [2.75, 3.05) is 11.9 Å². The number of rotatable bonds is 9. The maximum absolute atomic E-state index is 12.7. The minimum Gasteiger partial charge on any atom is -0.487 e. The second-order valence-corrected chi connectivity index (χ2v) is 6.54. The lowest BCUT2D eigenvalue weighted by Gasteiger charge is -2.20. The smallest absolute Gasteiger partial charge is 0.311 e. The third kappa shape index (κ3) is 5.20. The molecule has 142 valence electrons. The highest BCUT2D eigenvalue weighted by molar-refractivity contribution is 5.85. The van der Waals surface area contributed by atoms with Gasteiger partial charge in [-0.1, -0.05) is 30.3 Å². The minimum absolute atomic E-state index is 0.0716. The van der Waals surface area contributed by atoms with Gasteiger partial charge in [0.15, 0.2) is 5.75 Å². The number of nitro benzene ring substituents is 1. The number of carbonyl (C=O) groups is 1. The van der Waals surface area contributed by atoms with Crippen LogP contribution in [0.5, 0.6) is 5.75 Å². The van der Waals surface area contributed by atoms with Crippen LogP contribution in [0.4, 0.5) is 11.4 Å². The van der Waals surface area contributed by atoms with Gasteiger partial charge in [-0.15, -0.1) is 0 Å². The predicted octanol–water partition coefficient (Wildman–Crippen LogP) is 3.30. The maximum atomic E-state index is 12.7. The van der Waals surface area contributed by atoms with Crippen LogP contribution in [-0.4, -0.2) is 29.5 Å². The molecule has 27 heavy (non-hydrogen) atoms. The summed E-state index contributed by atoms with van der Waals surface area (Å²) in [6.45, 7) is 2.09. The molecule has 2 N–H and O–H groups in total. The predicted molar refractivity (Wildman–Crippen MR) is 103 cm³/mol. The fourth-order valence-corrected chi connectivity index (χ4v) is 2.82. The number of nitro groups is 1. The zero-order valence-electron chi connectivity index (χ0n) is 15.2. The van der Waals surface area contributed by atoms with E-state index in [9.17, 15) is 14.9 Å². The van der Waals surface area contributed by atoms with E-state index in [-0.39, 0.29) is 23.4 Å². The summed E-state index contributed by atoms with van der Waals surface area (Å²) in [5, 5.41) is 17.4. The number of hydrogen-bond donors (Lipinski definition) is 2. The van der Waals surface area contributed by atoms with Crippen molar-refractivity contribution in [1.29, 1.82) is 0 Å². The largest absolute Gasteiger partial charge is 0.487 e. The molecule has 1 aliphatic rings. The number of hydrogen-bond acceptors (Lipinski definition) is 5. The highest BCUT2D eigenvalue weighted by Crippen LogP contribution is 2.30. The van der Waals surface area contributed by atoms with Gasteiger partial charge in [0.05, 0.1) is 11.5 Å². The molecule has 0 radical (unpaired) electrons. The fraction of sp³-hybridized carbons (Fsp3) is 0.350. The summed E-state index contributed by atoms with van der Waals surface area (Å²) in [4.78, 5) is 23.3. The molecule has 0 saturated heterocycles. The van der Waals surface area contributed by atoms with Crippen molar-refractivity contribution in [2.24, 2.45) is 0 Å². The Morgan fingerprint density at radius 1 is 1.26 bits per heavy atom. The van der Waals surface area contributed by atoms with Crippen LogP contribution in [0.15, 0.2) is 48.5 Å². The topological polar surface area (TPSA) is 93.5 Å². The summed E-state index contributed by atoms with van der Waals surface area (Å²) < 4.78 is 5.39. The second kappa shape index (κ2) is 8.53. The van der Waals surface area contributed by atoms with E-state index >= 15 is 0 Å². The maximum Gasteiger partial charge on any atom is 0.311 e. The van der Waals surface area contributed by atoms with Crippen LogP contribution in [0.1, 0.15) is 25.3 Å². The minimum atomic E-state index is -0.482. The Morgan fingerprint density at radius 2 is 2.00 bits per heavy atom. The molecule has 1 saturated carbocycles. The van der Waals surface area contributed by atoms with Crippen LogP contribution in [-0.2, 0) is 11.2 Å². The van der Waals surface area contributed by atoms with Gasteiger partial charge in [-0.25, -0.2) is 0 Å². The van der Waals surface area contributed by atoms with E-state index in [4.69, 9.17) is 4.74 Å². The second-order valence-electron chi connectivity index (χ2n) is 6.54. The molecular formula is C20H23N3O4. The van der Waals surface area contributed by atoms with Gasteiger partial charge in [0.25, 0.3) is 0 Å². The van der Waals surface area contributed by atoms with Gasteiger partial charge in [-0.05, 0) is 31.4 Å². The third-order valence-corrected chi connectivity index (χ3v) is 4.32. The Labute approximate surface area is 157 Å². The zero-order chi connectivity index (χ0) is 19.2. The number of nitrogens with zero attached hydrogens (tertiary/aromatic N) is 1. The van der Waals surface area contributed by atoms with E-state index in [1.807, 2.05) is 30.3 Å². The van der Waals surface area contributed by atoms with E-state index in [2.05, 4.69) is 10.6 Å². The van der Waals surface area contributed by atoms with E-state index in [1.165, 1.54) is 6.07 Å². The van der Waals surface area contributed by atoms with E-state index in [1.54, 1.807) is 19.1 Å². The highest BCUT2D eigenvalue weighted by atomic mass is 16.6. The summed E-state index contributed by atoms with van der Waals surface area (Å²) in [5.41, 5.74) is 1.55. The van der Waals surface area contributed by atoms with Crippen molar-refractivity contribution < 1.29 is 14.5 Å². The number of benzene rings is 2. The molecular weight excluding hydrogens is 346 g/mol. The van der Waals surface area contributed by atoms with Crippen molar-refractivity contribution in [3.63, 3.8) is 0 Å². The molecule has 2 aromatic rings. The molecule has 2 aromatic carbocycles. The Balaban J connectivity index is 1.80. The Hall–Kier alpha value is -3.09. The molecule has 0 aromatic heterocycles. The van der Waals surface area contributed by atoms with Crippen LogP contribution in [0.25, 0.3) is 0 Å². The van der Waals surface area contributed by atoms with Crippen molar-refractivity contribution in [3.05, 3.63) is 64.2 Å². The Morgan fingerprint density at radius 3 is 2.63 bits per heavy atom.